The van der Waals surface area contributed by atoms with Crippen molar-refractivity contribution in [2.75, 3.05) is 5.73 Å². The van der Waals surface area contributed by atoms with Crippen LogP contribution in [0.15, 0.2) is 29.4 Å². The molecule has 108 valence electrons. The molecule has 20 heavy (non-hydrogen) atoms. The van der Waals surface area contributed by atoms with E-state index in [-0.39, 0.29) is 4.90 Å². The van der Waals surface area contributed by atoms with Gasteiger partial charge in [0.2, 0.25) is 10.0 Å². The van der Waals surface area contributed by atoms with E-state index in [1.807, 2.05) is 13.8 Å². The quantitative estimate of drug-likeness (QED) is 0.746. The number of nitrogens with two attached hydrogens (primary N) is 1. The Hall–Kier alpha value is -1.86. The van der Waals surface area contributed by atoms with Gasteiger partial charge in [-0.2, -0.15) is 0 Å². The summed E-state index contributed by atoms with van der Waals surface area (Å²) in [7, 11) is -3.64. The summed E-state index contributed by atoms with van der Waals surface area (Å²) in [6, 6.07) is 2.64. The molecule has 7 heteroatoms. The van der Waals surface area contributed by atoms with Crippen molar-refractivity contribution in [3.05, 3.63) is 41.5 Å². The van der Waals surface area contributed by atoms with Crippen LogP contribution in [0.3, 0.4) is 0 Å². The number of aryl methyl sites for hydroxylation is 1. The summed E-state index contributed by atoms with van der Waals surface area (Å²) in [5.74, 6) is 0.561. The first-order chi connectivity index (χ1) is 9.31. The molecule has 2 aromatic rings. The van der Waals surface area contributed by atoms with Gasteiger partial charge >= 0.3 is 0 Å². The normalized spacial score (nSPS) is 13.3. The highest BCUT2D eigenvalue weighted by atomic mass is 32.2. The predicted octanol–water partition coefficient (Wildman–Crippen LogP) is 1.65. The van der Waals surface area contributed by atoms with E-state index in [0.717, 1.165) is 11.1 Å². The number of nitrogens with one attached hydrogen (secondary N) is 2. The minimum Gasteiger partial charge on any atom is -0.398 e. The minimum atomic E-state index is -3.64. The number of aromatic nitrogens is 2. The second-order valence-corrected chi connectivity index (χ2v) is 6.49. The van der Waals surface area contributed by atoms with Crippen LogP contribution in [0.1, 0.15) is 29.9 Å². The zero-order chi connectivity index (χ0) is 14.9. The number of imidazole rings is 1. The Morgan fingerprint density at radius 2 is 2.05 bits per heavy atom. The number of nitrogen functional groups attached to an aromatic ring is 1. The van der Waals surface area contributed by atoms with Gasteiger partial charge in [-0.3, -0.25) is 0 Å². The van der Waals surface area contributed by atoms with Crippen molar-refractivity contribution in [1.82, 2.24) is 14.7 Å². The van der Waals surface area contributed by atoms with Crippen LogP contribution >= 0.6 is 0 Å². The molecular weight excluding hydrogens is 276 g/mol. The van der Waals surface area contributed by atoms with Gasteiger partial charge in [0.1, 0.15) is 5.82 Å². The lowest BCUT2D eigenvalue weighted by Crippen LogP contribution is -2.27. The molecule has 0 bridgehead atoms. The van der Waals surface area contributed by atoms with E-state index in [2.05, 4.69) is 14.7 Å². The van der Waals surface area contributed by atoms with Gasteiger partial charge in [0.05, 0.1) is 10.9 Å². The van der Waals surface area contributed by atoms with Crippen LogP contribution in [-0.2, 0) is 10.0 Å². The van der Waals surface area contributed by atoms with E-state index in [4.69, 9.17) is 5.73 Å². The highest BCUT2D eigenvalue weighted by Crippen LogP contribution is 2.22. The number of anilines is 1. The third-order valence-corrected chi connectivity index (χ3v) is 4.77. The van der Waals surface area contributed by atoms with Gasteiger partial charge in [-0.1, -0.05) is 0 Å². The van der Waals surface area contributed by atoms with E-state index in [1.165, 1.54) is 6.07 Å². The van der Waals surface area contributed by atoms with Crippen LogP contribution in [0.25, 0.3) is 0 Å². The fraction of sp³-hybridized carbons (Fsp3) is 0.308. The fourth-order valence-electron chi connectivity index (χ4n) is 1.88. The summed E-state index contributed by atoms with van der Waals surface area (Å²) in [6.45, 7) is 5.42. The Morgan fingerprint density at radius 1 is 1.35 bits per heavy atom. The molecule has 4 N–H and O–H groups in total. The summed E-state index contributed by atoms with van der Waals surface area (Å²) in [4.78, 5) is 7.08. The predicted molar refractivity (Wildman–Crippen MR) is 77.7 cm³/mol. The van der Waals surface area contributed by atoms with Crippen molar-refractivity contribution >= 4 is 15.7 Å². The third kappa shape index (κ3) is 2.83. The van der Waals surface area contributed by atoms with Crippen LogP contribution in [0.4, 0.5) is 5.69 Å². The molecule has 0 fully saturated rings. The van der Waals surface area contributed by atoms with Crippen LogP contribution in [0.5, 0.6) is 0 Å². The number of hydrogen-bond acceptors (Lipinski definition) is 4. The molecule has 0 spiro atoms. The van der Waals surface area contributed by atoms with E-state index < -0.39 is 16.1 Å². The van der Waals surface area contributed by atoms with Crippen LogP contribution in [0.2, 0.25) is 0 Å². The minimum absolute atomic E-state index is 0.163. The highest BCUT2D eigenvalue weighted by molar-refractivity contribution is 7.89. The summed E-state index contributed by atoms with van der Waals surface area (Å²) in [6.07, 6.45) is 3.22. The van der Waals surface area contributed by atoms with Gasteiger partial charge in [-0.05, 0) is 44.0 Å². The molecule has 1 atom stereocenters. The van der Waals surface area contributed by atoms with Gasteiger partial charge in [-0.15, -0.1) is 0 Å². The van der Waals surface area contributed by atoms with Crippen LogP contribution < -0.4 is 10.5 Å². The Labute approximate surface area is 118 Å². The summed E-state index contributed by atoms with van der Waals surface area (Å²) >= 11 is 0. The van der Waals surface area contributed by atoms with Gasteiger partial charge in [0.15, 0.2) is 0 Å². The molecule has 0 saturated carbocycles. The lowest BCUT2D eigenvalue weighted by Gasteiger charge is -2.14. The number of benzene rings is 1. The first-order valence-electron chi connectivity index (χ1n) is 6.19. The number of H-pyrrole nitrogens is 1. The molecule has 0 radical (unpaired) electrons. The fourth-order valence-corrected chi connectivity index (χ4v) is 3.21. The van der Waals surface area contributed by atoms with E-state index in [9.17, 15) is 8.42 Å². The standard InChI is InChI=1S/C13H18N4O2S/c1-8-6-11(7-12(14)9(8)2)20(18,19)17-10(3)13-15-4-5-16-13/h4-7,10,17H,14H2,1-3H3,(H,15,16). The molecular formula is C13H18N4O2S. The van der Waals surface area contributed by atoms with Crippen LogP contribution in [0, 0.1) is 13.8 Å². The number of hydrogen-bond donors (Lipinski definition) is 3. The van der Waals surface area contributed by atoms with Crippen molar-refractivity contribution < 1.29 is 8.42 Å². The third-order valence-electron chi connectivity index (χ3n) is 3.25. The van der Waals surface area contributed by atoms with Crippen molar-refractivity contribution in [2.45, 2.75) is 31.7 Å². The molecule has 0 aliphatic carbocycles. The monoisotopic (exact) mass is 294 g/mol. The summed E-state index contributed by atoms with van der Waals surface area (Å²) in [5.41, 5.74) is 8.04. The molecule has 0 aliphatic heterocycles. The number of nitrogens with zero attached hydrogens (tertiary/aromatic N) is 1. The molecule has 1 heterocycles. The average Bonchev–Trinajstić information content (AvgIpc) is 2.88. The number of aromatic amines is 1. The maximum Gasteiger partial charge on any atom is 0.241 e. The number of rotatable bonds is 4. The Balaban J connectivity index is 2.31. The molecule has 0 aliphatic rings. The van der Waals surface area contributed by atoms with Gasteiger partial charge in [0, 0.05) is 18.1 Å². The maximum absolute atomic E-state index is 12.3. The van der Waals surface area contributed by atoms with Gasteiger partial charge in [-0.25, -0.2) is 18.1 Å². The smallest absolute Gasteiger partial charge is 0.241 e. The van der Waals surface area contributed by atoms with E-state index in [1.54, 1.807) is 25.4 Å². The average molecular weight is 294 g/mol. The summed E-state index contributed by atoms with van der Waals surface area (Å²) in [5, 5.41) is 0. The van der Waals surface area contributed by atoms with E-state index in [0.29, 0.717) is 11.5 Å². The first kappa shape index (κ1) is 14.5. The Bertz CT molecular complexity index is 685. The van der Waals surface area contributed by atoms with E-state index >= 15 is 0 Å². The number of sulfonamides is 1. The second kappa shape index (κ2) is 5.26. The Morgan fingerprint density at radius 3 is 2.60 bits per heavy atom. The molecule has 2 rings (SSSR count). The molecule has 0 saturated heterocycles. The second-order valence-electron chi connectivity index (χ2n) is 4.77. The first-order valence-corrected chi connectivity index (χ1v) is 7.68. The lowest BCUT2D eigenvalue weighted by atomic mass is 10.1. The zero-order valence-electron chi connectivity index (χ0n) is 11.6. The molecule has 0 amide bonds. The van der Waals surface area contributed by atoms with Crippen LogP contribution in [-0.4, -0.2) is 18.4 Å². The maximum atomic E-state index is 12.3. The van der Waals surface area contributed by atoms with Crippen molar-refractivity contribution in [1.29, 1.82) is 0 Å². The SMILES string of the molecule is Cc1cc(S(=O)(=O)NC(C)c2ncc[nH]2)cc(N)c1C. The zero-order valence-corrected chi connectivity index (χ0v) is 12.5. The van der Waals surface area contributed by atoms with Gasteiger partial charge in [0.25, 0.3) is 0 Å². The molecule has 1 unspecified atom stereocenters. The van der Waals surface area contributed by atoms with Gasteiger partial charge < -0.3 is 10.7 Å². The van der Waals surface area contributed by atoms with Crippen molar-refractivity contribution in [3.63, 3.8) is 0 Å². The largest absolute Gasteiger partial charge is 0.398 e. The van der Waals surface area contributed by atoms with Crippen molar-refractivity contribution in [2.24, 2.45) is 0 Å². The summed E-state index contributed by atoms with van der Waals surface area (Å²) < 4.78 is 27.3. The molecule has 6 nitrogen and oxygen atoms in total. The van der Waals surface area contributed by atoms with Crippen molar-refractivity contribution in [3.8, 4) is 0 Å². The topological polar surface area (TPSA) is 101 Å². The Kier molecular flexibility index (Phi) is 3.82. The lowest BCUT2D eigenvalue weighted by molar-refractivity contribution is 0.561. The molecule has 1 aromatic carbocycles. The highest BCUT2D eigenvalue weighted by Gasteiger charge is 2.20. The molecule has 1 aromatic heterocycles.